The average molecular weight is 477 g/mol. The summed E-state index contributed by atoms with van der Waals surface area (Å²) in [7, 11) is 0. The summed E-state index contributed by atoms with van der Waals surface area (Å²) in [5, 5.41) is 14.3. The van der Waals surface area contributed by atoms with Gasteiger partial charge in [0.05, 0.1) is 6.33 Å². The van der Waals surface area contributed by atoms with Gasteiger partial charge in [-0.3, -0.25) is 9.59 Å². The fourth-order valence-corrected chi connectivity index (χ4v) is 4.38. The van der Waals surface area contributed by atoms with E-state index in [1.807, 2.05) is 36.4 Å². The van der Waals surface area contributed by atoms with E-state index in [0.29, 0.717) is 5.69 Å². The average Bonchev–Trinajstić information content (AvgIpc) is 3.46. The number of aromatic amines is 1. The largest absolute Gasteiger partial charge is 0.481 e. The van der Waals surface area contributed by atoms with Gasteiger partial charge in [-0.25, -0.2) is 9.78 Å². The van der Waals surface area contributed by atoms with Crippen LogP contribution in [0.2, 0.25) is 0 Å². The molecule has 1 aliphatic carbocycles. The van der Waals surface area contributed by atoms with Crippen LogP contribution in [0.25, 0.3) is 11.1 Å². The molecule has 0 bridgehead atoms. The van der Waals surface area contributed by atoms with E-state index >= 15 is 0 Å². The quantitative estimate of drug-likeness (QED) is 0.355. The second-order valence-electron chi connectivity index (χ2n) is 8.75. The number of nitrogens with zero attached hydrogens (tertiary/aromatic N) is 1. The minimum Gasteiger partial charge on any atom is -0.481 e. The van der Waals surface area contributed by atoms with Crippen molar-refractivity contribution in [3.05, 3.63) is 77.9 Å². The highest BCUT2D eigenvalue weighted by molar-refractivity contribution is 5.86. The highest BCUT2D eigenvalue weighted by atomic mass is 16.5. The molecule has 1 aromatic heterocycles. The molecule has 1 unspecified atom stereocenters. The lowest BCUT2D eigenvalue weighted by molar-refractivity contribution is -0.138. The van der Waals surface area contributed by atoms with Gasteiger partial charge in [-0.05, 0) is 28.2 Å². The summed E-state index contributed by atoms with van der Waals surface area (Å²) in [6.45, 7) is 2.04. The van der Waals surface area contributed by atoms with Crippen LogP contribution in [0.3, 0.4) is 0 Å². The number of benzene rings is 2. The Bertz CT molecular complexity index is 1150. The Labute approximate surface area is 202 Å². The summed E-state index contributed by atoms with van der Waals surface area (Å²) in [6.07, 6.45) is 2.48. The van der Waals surface area contributed by atoms with Gasteiger partial charge in [-0.2, -0.15) is 0 Å². The molecule has 0 fully saturated rings. The number of ether oxygens (including phenoxy) is 1. The number of fused-ring (bicyclic) bond motifs is 3. The summed E-state index contributed by atoms with van der Waals surface area (Å²) >= 11 is 0. The molecule has 2 atom stereocenters. The molecule has 4 rings (SSSR count). The number of alkyl carbamates (subject to hydrolysis) is 1. The second kappa shape index (κ2) is 10.9. The molecule has 9 heteroatoms. The summed E-state index contributed by atoms with van der Waals surface area (Å²) < 4.78 is 5.58. The van der Waals surface area contributed by atoms with E-state index in [2.05, 4.69) is 32.7 Å². The molecule has 0 saturated heterocycles. The third kappa shape index (κ3) is 5.87. The molecule has 4 N–H and O–H groups in total. The van der Waals surface area contributed by atoms with Crippen LogP contribution in [-0.4, -0.2) is 52.2 Å². The zero-order valence-corrected chi connectivity index (χ0v) is 19.4. The van der Waals surface area contributed by atoms with Gasteiger partial charge in [0, 0.05) is 37.2 Å². The van der Waals surface area contributed by atoms with E-state index in [1.165, 1.54) is 6.33 Å². The van der Waals surface area contributed by atoms with Gasteiger partial charge in [-0.15, -0.1) is 0 Å². The summed E-state index contributed by atoms with van der Waals surface area (Å²) in [5.74, 6) is -1.70. The molecule has 0 aliphatic heterocycles. The Kier molecular flexibility index (Phi) is 7.45. The number of aliphatic carboxylic acids is 1. The van der Waals surface area contributed by atoms with Crippen molar-refractivity contribution in [2.75, 3.05) is 13.2 Å². The maximum Gasteiger partial charge on any atom is 0.407 e. The summed E-state index contributed by atoms with van der Waals surface area (Å²) in [5.41, 5.74) is 5.12. The number of carboxylic acids is 1. The van der Waals surface area contributed by atoms with Gasteiger partial charge in [0.1, 0.15) is 12.6 Å². The number of carbonyl (C=O) groups is 3. The monoisotopic (exact) mass is 476 g/mol. The SMILES string of the molecule is CC(CNC(=O)[C@@H](Cc1cnc[nH]1)NC(=O)OCC1c2ccccc2-c2ccccc21)CC(=O)O. The first-order chi connectivity index (χ1) is 16.9. The van der Waals surface area contributed by atoms with E-state index in [0.717, 1.165) is 22.3 Å². The number of amides is 2. The van der Waals surface area contributed by atoms with E-state index in [4.69, 9.17) is 9.84 Å². The molecular formula is C26H28N4O5. The fraction of sp³-hybridized carbons (Fsp3) is 0.308. The standard InChI is InChI=1S/C26H28N4O5/c1-16(10-24(31)32)12-28-25(33)23(11-17-13-27-15-29-17)30-26(34)35-14-22-20-8-4-2-6-18(20)19-7-3-5-9-21(19)22/h2-9,13,15-16,22-23H,10-12,14H2,1H3,(H,27,29)(H,28,33)(H,30,34)(H,31,32)/t16?,23-/m1/s1. The molecule has 2 amide bonds. The van der Waals surface area contributed by atoms with Crippen molar-refractivity contribution in [3.8, 4) is 11.1 Å². The first-order valence-electron chi connectivity index (χ1n) is 11.5. The molecular weight excluding hydrogens is 448 g/mol. The Balaban J connectivity index is 1.40. The van der Waals surface area contributed by atoms with Gasteiger partial charge in [0.2, 0.25) is 5.91 Å². The maximum atomic E-state index is 12.8. The van der Waals surface area contributed by atoms with Gasteiger partial charge in [0.25, 0.3) is 0 Å². The maximum absolute atomic E-state index is 12.8. The number of hydrogen-bond donors (Lipinski definition) is 4. The molecule has 35 heavy (non-hydrogen) atoms. The predicted molar refractivity (Wildman–Crippen MR) is 129 cm³/mol. The van der Waals surface area contributed by atoms with Crippen molar-refractivity contribution < 1.29 is 24.2 Å². The van der Waals surface area contributed by atoms with Gasteiger partial charge >= 0.3 is 12.1 Å². The van der Waals surface area contributed by atoms with Crippen LogP contribution in [0.15, 0.2) is 61.1 Å². The Hall–Kier alpha value is -4.14. The summed E-state index contributed by atoms with van der Waals surface area (Å²) in [4.78, 5) is 43.3. The number of H-pyrrole nitrogens is 1. The van der Waals surface area contributed by atoms with Crippen molar-refractivity contribution in [3.63, 3.8) is 0 Å². The van der Waals surface area contributed by atoms with Gasteiger partial charge < -0.3 is 25.5 Å². The first-order valence-corrected chi connectivity index (χ1v) is 11.5. The van der Waals surface area contributed by atoms with Crippen molar-refractivity contribution in [2.45, 2.75) is 31.7 Å². The smallest absolute Gasteiger partial charge is 0.407 e. The summed E-state index contributed by atoms with van der Waals surface area (Å²) in [6, 6.07) is 15.2. The van der Waals surface area contributed by atoms with E-state index in [9.17, 15) is 14.4 Å². The number of rotatable bonds is 10. The van der Waals surface area contributed by atoms with Crippen molar-refractivity contribution in [1.82, 2.24) is 20.6 Å². The van der Waals surface area contributed by atoms with Gasteiger partial charge in [0.15, 0.2) is 0 Å². The van der Waals surface area contributed by atoms with Crippen LogP contribution in [0.5, 0.6) is 0 Å². The number of hydrogen-bond acceptors (Lipinski definition) is 5. The van der Waals surface area contributed by atoms with E-state index in [-0.39, 0.29) is 37.8 Å². The molecule has 2 aromatic carbocycles. The minimum atomic E-state index is -0.933. The molecule has 1 aliphatic rings. The Morgan fingerprint density at radius 1 is 1.09 bits per heavy atom. The lowest BCUT2D eigenvalue weighted by Gasteiger charge is -2.20. The predicted octanol–water partition coefficient (Wildman–Crippen LogP) is 3.09. The van der Waals surface area contributed by atoms with Crippen LogP contribution in [0.4, 0.5) is 4.79 Å². The lowest BCUT2D eigenvalue weighted by Crippen LogP contribution is -2.49. The molecule has 182 valence electrons. The molecule has 3 aromatic rings. The van der Waals surface area contributed by atoms with E-state index in [1.54, 1.807) is 13.1 Å². The zero-order valence-electron chi connectivity index (χ0n) is 19.4. The Morgan fingerprint density at radius 3 is 2.34 bits per heavy atom. The number of imidazole rings is 1. The highest BCUT2D eigenvalue weighted by Crippen LogP contribution is 2.44. The van der Waals surface area contributed by atoms with Crippen LogP contribution < -0.4 is 10.6 Å². The minimum absolute atomic E-state index is 0.0642. The molecule has 1 heterocycles. The molecule has 0 saturated carbocycles. The second-order valence-corrected chi connectivity index (χ2v) is 8.75. The molecule has 9 nitrogen and oxygen atoms in total. The fourth-order valence-electron chi connectivity index (χ4n) is 4.38. The highest BCUT2D eigenvalue weighted by Gasteiger charge is 2.30. The van der Waals surface area contributed by atoms with E-state index < -0.39 is 24.0 Å². The zero-order chi connectivity index (χ0) is 24.8. The van der Waals surface area contributed by atoms with Crippen molar-refractivity contribution >= 4 is 18.0 Å². The van der Waals surface area contributed by atoms with Crippen LogP contribution in [0.1, 0.15) is 36.1 Å². The first kappa shape index (κ1) is 24.0. The van der Waals surface area contributed by atoms with Crippen LogP contribution in [0, 0.1) is 5.92 Å². The van der Waals surface area contributed by atoms with Crippen molar-refractivity contribution in [1.29, 1.82) is 0 Å². The number of nitrogens with one attached hydrogen (secondary N) is 3. The van der Waals surface area contributed by atoms with Crippen LogP contribution in [-0.2, 0) is 20.7 Å². The molecule has 0 spiro atoms. The van der Waals surface area contributed by atoms with Gasteiger partial charge in [-0.1, -0.05) is 55.5 Å². The molecule has 0 radical (unpaired) electrons. The topological polar surface area (TPSA) is 133 Å². The lowest BCUT2D eigenvalue weighted by atomic mass is 9.98. The number of carboxylic acid groups (broad SMARTS) is 1. The van der Waals surface area contributed by atoms with Crippen molar-refractivity contribution in [2.24, 2.45) is 5.92 Å². The Morgan fingerprint density at radius 2 is 1.74 bits per heavy atom. The normalized spacial score (nSPS) is 13.9. The van der Waals surface area contributed by atoms with Crippen LogP contribution >= 0.6 is 0 Å². The number of aromatic nitrogens is 2. The third-order valence-electron chi connectivity index (χ3n) is 6.08. The number of carbonyl (C=O) groups excluding carboxylic acids is 2. The third-order valence-corrected chi connectivity index (χ3v) is 6.08.